The van der Waals surface area contributed by atoms with E-state index in [4.69, 9.17) is 4.74 Å². The summed E-state index contributed by atoms with van der Waals surface area (Å²) < 4.78 is 5.35. The Morgan fingerprint density at radius 1 is 1.29 bits per heavy atom. The highest BCUT2D eigenvalue weighted by atomic mass is 32.1. The van der Waals surface area contributed by atoms with Crippen LogP contribution in [-0.4, -0.2) is 52.8 Å². The lowest BCUT2D eigenvalue weighted by Crippen LogP contribution is -2.42. The summed E-state index contributed by atoms with van der Waals surface area (Å²) in [6.07, 6.45) is 5.87. The number of aryl methyl sites for hydroxylation is 1. The molecule has 3 heterocycles. The molecular formula is C27H34N2O4S. The summed E-state index contributed by atoms with van der Waals surface area (Å²) in [4.78, 5) is 18.4. The van der Waals surface area contributed by atoms with E-state index in [9.17, 15) is 15.0 Å². The smallest absolute Gasteiger partial charge is 0.303 e. The van der Waals surface area contributed by atoms with Crippen molar-refractivity contribution in [1.82, 2.24) is 9.88 Å². The predicted molar refractivity (Wildman–Crippen MR) is 135 cm³/mol. The van der Waals surface area contributed by atoms with Gasteiger partial charge in [-0.25, -0.2) is 0 Å². The van der Waals surface area contributed by atoms with Gasteiger partial charge < -0.3 is 19.8 Å². The number of benzene rings is 1. The van der Waals surface area contributed by atoms with E-state index in [-0.39, 0.29) is 12.3 Å². The number of hydrogen-bond donors (Lipinski definition) is 2. The summed E-state index contributed by atoms with van der Waals surface area (Å²) in [6.45, 7) is 2.83. The van der Waals surface area contributed by atoms with Gasteiger partial charge in [0.2, 0.25) is 0 Å². The molecule has 1 unspecified atom stereocenters. The van der Waals surface area contributed by atoms with Crippen molar-refractivity contribution in [3.05, 3.63) is 58.4 Å². The number of thiophene rings is 1. The molecule has 1 aromatic carbocycles. The quantitative estimate of drug-likeness (QED) is 0.393. The molecule has 6 nitrogen and oxygen atoms in total. The molecule has 2 aromatic heterocycles. The number of fused-ring (bicyclic) bond motifs is 1. The molecule has 0 bridgehead atoms. The fourth-order valence-corrected chi connectivity index (χ4v) is 5.93. The molecule has 3 aromatic rings. The molecular weight excluding hydrogens is 448 g/mol. The lowest BCUT2D eigenvalue weighted by molar-refractivity contribution is -0.139. The van der Waals surface area contributed by atoms with Gasteiger partial charge in [0.05, 0.1) is 18.7 Å². The van der Waals surface area contributed by atoms with E-state index in [0.29, 0.717) is 12.3 Å². The van der Waals surface area contributed by atoms with Crippen molar-refractivity contribution in [2.75, 3.05) is 26.7 Å². The molecule has 34 heavy (non-hydrogen) atoms. The summed E-state index contributed by atoms with van der Waals surface area (Å²) in [7, 11) is 1.63. The molecule has 0 spiro atoms. The second kappa shape index (κ2) is 11.8. The molecule has 0 saturated carbocycles. The van der Waals surface area contributed by atoms with Gasteiger partial charge in [0.25, 0.3) is 0 Å². The Bertz CT molecular complexity index is 1070. The average Bonchev–Trinajstić information content (AvgIpc) is 3.36. The first kappa shape index (κ1) is 24.6. The molecule has 1 fully saturated rings. The first-order chi connectivity index (χ1) is 16.5. The molecule has 0 radical (unpaired) electrons. The second-order valence-corrected chi connectivity index (χ2v) is 10.1. The number of rotatable bonds is 11. The Hall–Kier alpha value is -2.48. The number of aliphatic hydroxyl groups is 1. The van der Waals surface area contributed by atoms with Gasteiger partial charge in [0.1, 0.15) is 5.75 Å². The summed E-state index contributed by atoms with van der Waals surface area (Å²) in [5, 5.41) is 25.8. The maximum absolute atomic E-state index is 11.6. The lowest BCUT2D eigenvalue weighted by Gasteiger charge is -2.38. The maximum Gasteiger partial charge on any atom is 0.303 e. The van der Waals surface area contributed by atoms with Gasteiger partial charge in [-0.3, -0.25) is 9.78 Å². The number of hydrogen-bond acceptors (Lipinski definition) is 6. The number of aliphatic carboxylic acids is 1. The molecule has 182 valence electrons. The van der Waals surface area contributed by atoms with Gasteiger partial charge >= 0.3 is 5.97 Å². The van der Waals surface area contributed by atoms with Crippen molar-refractivity contribution in [2.45, 2.75) is 44.6 Å². The Labute approximate surface area is 205 Å². The molecule has 7 heteroatoms. The molecule has 0 amide bonds. The topological polar surface area (TPSA) is 82.9 Å². The van der Waals surface area contributed by atoms with Crippen molar-refractivity contribution >= 4 is 28.2 Å². The van der Waals surface area contributed by atoms with Crippen LogP contribution < -0.4 is 4.74 Å². The van der Waals surface area contributed by atoms with E-state index in [1.165, 1.54) is 5.56 Å². The number of piperidine rings is 1. The monoisotopic (exact) mass is 482 g/mol. The third kappa shape index (κ3) is 6.34. The van der Waals surface area contributed by atoms with E-state index in [1.807, 2.05) is 24.3 Å². The maximum atomic E-state index is 11.6. The highest BCUT2D eigenvalue weighted by Gasteiger charge is 2.31. The van der Waals surface area contributed by atoms with Gasteiger partial charge in [0.15, 0.2) is 0 Å². The summed E-state index contributed by atoms with van der Waals surface area (Å²) in [5.74, 6) is 0.431. The molecule has 1 aliphatic heterocycles. The number of aliphatic hydroxyl groups excluding tert-OH is 1. The van der Waals surface area contributed by atoms with Crippen LogP contribution in [0.25, 0.3) is 10.9 Å². The fraction of sp³-hybridized carbons (Fsp3) is 0.481. The van der Waals surface area contributed by atoms with Crippen LogP contribution in [0.2, 0.25) is 0 Å². The number of ether oxygens (including phenoxy) is 1. The Kier molecular flexibility index (Phi) is 8.53. The van der Waals surface area contributed by atoms with Gasteiger partial charge in [-0.15, -0.1) is 0 Å². The van der Waals surface area contributed by atoms with Crippen LogP contribution >= 0.6 is 11.3 Å². The Balaban J connectivity index is 1.35. The number of carboxylic acids is 1. The van der Waals surface area contributed by atoms with Crippen LogP contribution in [0.15, 0.2) is 47.3 Å². The molecule has 1 aliphatic rings. The zero-order valence-electron chi connectivity index (χ0n) is 19.7. The number of methoxy groups -OCH3 is 1. The van der Waals surface area contributed by atoms with Crippen LogP contribution in [-0.2, 0) is 11.2 Å². The highest BCUT2D eigenvalue weighted by molar-refractivity contribution is 7.07. The third-order valence-corrected chi connectivity index (χ3v) is 7.82. The standard InChI is InChI=1S/C27H34N2O4S/c1-33-22-5-6-25-24(16-22)23(8-11-28-25)26(30)7-4-20-9-13-29(17-21(20)15-27(31)32)12-2-3-19-10-14-34-18-19/h5-6,8,10-11,14,16,18,20-21,26,30H,2-4,7,9,12-13,15,17H2,1H3,(H,31,32)/t20-,21+,26?/m1/s1. The largest absolute Gasteiger partial charge is 0.497 e. The van der Waals surface area contributed by atoms with Crippen LogP contribution in [0, 0.1) is 11.8 Å². The van der Waals surface area contributed by atoms with Crippen molar-refractivity contribution in [3.8, 4) is 5.75 Å². The Morgan fingerprint density at radius 3 is 2.94 bits per heavy atom. The van der Waals surface area contributed by atoms with Crippen molar-refractivity contribution in [1.29, 1.82) is 0 Å². The predicted octanol–water partition coefficient (Wildman–Crippen LogP) is 5.16. The normalized spacial score (nSPS) is 19.8. The first-order valence-electron chi connectivity index (χ1n) is 12.1. The zero-order chi connectivity index (χ0) is 23.9. The van der Waals surface area contributed by atoms with E-state index >= 15 is 0 Å². The SMILES string of the molecule is COc1ccc2nccc(C(O)CC[C@@H]3CCN(CCCc4ccsc4)C[C@@H]3CC(=O)O)c2c1. The van der Waals surface area contributed by atoms with Crippen molar-refractivity contribution in [3.63, 3.8) is 0 Å². The first-order valence-corrected chi connectivity index (χ1v) is 13.0. The van der Waals surface area contributed by atoms with E-state index < -0.39 is 12.1 Å². The van der Waals surface area contributed by atoms with Crippen LogP contribution in [0.5, 0.6) is 5.75 Å². The highest BCUT2D eigenvalue weighted by Crippen LogP contribution is 2.34. The minimum Gasteiger partial charge on any atom is -0.497 e. The summed E-state index contributed by atoms with van der Waals surface area (Å²) >= 11 is 1.73. The average molecular weight is 483 g/mol. The number of carboxylic acid groups (broad SMARTS) is 1. The van der Waals surface area contributed by atoms with Crippen LogP contribution in [0.4, 0.5) is 0 Å². The van der Waals surface area contributed by atoms with E-state index in [1.54, 1.807) is 24.6 Å². The number of pyridine rings is 1. The second-order valence-electron chi connectivity index (χ2n) is 9.32. The molecule has 0 aliphatic carbocycles. The molecule has 2 N–H and O–H groups in total. The van der Waals surface area contributed by atoms with Crippen molar-refractivity contribution < 1.29 is 19.7 Å². The number of aromatic nitrogens is 1. The lowest BCUT2D eigenvalue weighted by atomic mass is 9.79. The van der Waals surface area contributed by atoms with Gasteiger partial charge in [0, 0.05) is 24.5 Å². The number of likely N-dealkylation sites (tertiary alicyclic amines) is 1. The fourth-order valence-electron chi connectivity index (χ4n) is 5.23. The number of carbonyl (C=O) groups is 1. The van der Waals surface area contributed by atoms with Crippen molar-refractivity contribution in [2.24, 2.45) is 11.8 Å². The van der Waals surface area contributed by atoms with Gasteiger partial charge in [-0.2, -0.15) is 11.3 Å². The zero-order valence-corrected chi connectivity index (χ0v) is 20.5. The van der Waals surface area contributed by atoms with E-state index in [2.05, 4.69) is 26.7 Å². The third-order valence-electron chi connectivity index (χ3n) is 7.08. The Morgan fingerprint density at radius 2 is 2.18 bits per heavy atom. The van der Waals surface area contributed by atoms with E-state index in [0.717, 1.165) is 67.5 Å². The van der Waals surface area contributed by atoms with Crippen LogP contribution in [0.1, 0.15) is 49.3 Å². The summed E-state index contributed by atoms with van der Waals surface area (Å²) in [6, 6.07) is 9.75. The van der Waals surface area contributed by atoms with Gasteiger partial charge in [-0.1, -0.05) is 0 Å². The van der Waals surface area contributed by atoms with Crippen LogP contribution in [0.3, 0.4) is 0 Å². The molecule has 4 rings (SSSR count). The minimum absolute atomic E-state index is 0.119. The molecule has 3 atom stereocenters. The minimum atomic E-state index is -0.733. The molecule has 1 saturated heterocycles. The number of nitrogens with zero attached hydrogens (tertiary/aromatic N) is 2. The summed E-state index contributed by atoms with van der Waals surface area (Å²) in [5.41, 5.74) is 3.07. The van der Waals surface area contributed by atoms with Gasteiger partial charge in [-0.05, 0) is 109 Å².